The van der Waals surface area contributed by atoms with Crippen molar-refractivity contribution in [1.29, 1.82) is 0 Å². The Bertz CT molecular complexity index is 1270. The number of anilines is 1. The quantitative estimate of drug-likeness (QED) is 0.488. The number of carbonyl (C=O) groups is 1. The number of hydrogen-bond donors (Lipinski definition) is 1. The number of ether oxygens (including phenoxy) is 1. The van der Waals surface area contributed by atoms with Crippen molar-refractivity contribution in [2.75, 3.05) is 11.9 Å². The Morgan fingerprint density at radius 1 is 1.16 bits per heavy atom. The Hall–Kier alpha value is -3.53. The van der Waals surface area contributed by atoms with E-state index in [1.165, 1.54) is 12.1 Å². The molecule has 0 aliphatic carbocycles. The fourth-order valence-electron chi connectivity index (χ4n) is 2.96. The summed E-state index contributed by atoms with van der Waals surface area (Å²) < 4.78 is 47.5. The molecule has 0 fully saturated rings. The molecule has 160 valence electrons. The molecule has 31 heavy (non-hydrogen) atoms. The zero-order chi connectivity index (χ0) is 22.2. The van der Waals surface area contributed by atoms with Gasteiger partial charge in [0, 0.05) is 13.1 Å². The first-order valence-electron chi connectivity index (χ1n) is 9.00. The van der Waals surface area contributed by atoms with Gasteiger partial charge in [-0.25, -0.2) is 4.98 Å². The van der Waals surface area contributed by atoms with Crippen LogP contribution in [-0.2, 0) is 18.0 Å². The van der Waals surface area contributed by atoms with Crippen LogP contribution in [0.4, 0.5) is 19.1 Å². The lowest BCUT2D eigenvalue weighted by Crippen LogP contribution is -2.22. The molecular formula is C20H15ClF3N5O2. The van der Waals surface area contributed by atoms with E-state index in [2.05, 4.69) is 15.4 Å². The maximum absolute atomic E-state index is 13.2. The number of halogens is 4. The Morgan fingerprint density at radius 2 is 1.87 bits per heavy atom. The molecule has 0 saturated heterocycles. The first kappa shape index (κ1) is 20.7. The van der Waals surface area contributed by atoms with Crippen molar-refractivity contribution < 1.29 is 22.7 Å². The van der Waals surface area contributed by atoms with Gasteiger partial charge in [0.15, 0.2) is 12.3 Å². The van der Waals surface area contributed by atoms with Crippen molar-refractivity contribution in [3.8, 4) is 11.6 Å². The number of amides is 1. The van der Waals surface area contributed by atoms with Crippen molar-refractivity contribution in [3.63, 3.8) is 0 Å². The minimum atomic E-state index is -4.69. The summed E-state index contributed by atoms with van der Waals surface area (Å²) in [5.74, 6) is -0.593. The van der Waals surface area contributed by atoms with Gasteiger partial charge in [-0.05, 0) is 24.3 Å². The monoisotopic (exact) mass is 449 g/mol. The van der Waals surface area contributed by atoms with Crippen LogP contribution < -0.4 is 10.1 Å². The highest BCUT2D eigenvalue weighted by atomic mass is 35.5. The van der Waals surface area contributed by atoms with E-state index in [9.17, 15) is 18.0 Å². The van der Waals surface area contributed by atoms with E-state index in [4.69, 9.17) is 16.3 Å². The van der Waals surface area contributed by atoms with Crippen LogP contribution in [-0.4, -0.2) is 31.8 Å². The predicted octanol–water partition coefficient (Wildman–Crippen LogP) is 4.45. The van der Waals surface area contributed by atoms with Crippen molar-refractivity contribution in [1.82, 2.24) is 19.3 Å². The van der Waals surface area contributed by atoms with Crippen LogP contribution in [0.1, 0.15) is 5.69 Å². The summed E-state index contributed by atoms with van der Waals surface area (Å²) in [6.07, 6.45) is -4.69. The van der Waals surface area contributed by atoms with E-state index in [0.717, 1.165) is 10.2 Å². The number of aromatic nitrogens is 4. The number of fused-ring (bicyclic) bond motifs is 1. The molecule has 1 N–H and O–H groups in total. The van der Waals surface area contributed by atoms with Gasteiger partial charge in [0.05, 0.1) is 21.7 Å². The second-order valence-electron chi connectivity index (χ2n) is 6.55. The largest absolute Gasteiger partial charge is 0.467 e. The van der Waals surface area contributed by atoms with Crippen LogP contribution in [0.3, 0.4) is 0 Å². The second-order valence-corrected chi connectivity index (χ2v) is 6.96. The van der Waals surface area contributed by atoms with E-state index < -0.39 is 24.4 Å². The Balaban J connectivity index is 1.56. The Morgan fingerprint density at radius 3 is 2.58 bits per heavy atom. The summed E-state index contributed by atoms with van der Waals surface area (Å²) in [5, 5.41) is 6.31. The molecule has 0 unspecified atom stereocenters. The summed E-state index contributed by atoms with van der Waals surface area (Å²) in [4.78, 5) is 16.7. The van der Waals surface area contributed by atoms with Gasteiger partial charge >= 0.3 is 6.18 Å². The topological polar surface area (TPSA) is 74.0 Å². The Labute approximate surface area is 179 Å². The lowest BCUT2D eigenvalue weighted by atomic mass is 10.3. The molecule has 0 spiro atoms. The van der Waals surface area contributed by atoms with Gasteiger partial charge < -0.3 is 9.30 Å². The molecule has 2 aromatic heterocycles. The molecule has 0 atom stereocenters. The van der Waals surface area contributed by atoms with E-state index >= 15 is 0 Å². The second kappa shape index (κ2) is 7.95. The molecule has 0 bridgehead atoms. The fraction of sp³-hybridized carbons (Fsp3) is 0.150. The van der Waals surface area contributed by atoms with Gasteiger partial charge in [-0.2, -0.15) is 23.0 Å². The third-order valence-corrected chi connectivity index (χ3v) is 4.76. The fourth-order valence-corrected chi connectivity index (χ4v) is 3.17. The lowest BCUT2D eigenvalue weighted by Gasteiger charge is -2.10. The van der Waals surface area contributed by atoms with Gasteiger partial charge in [-0.15, -0.1) is 0 Å². The van der Waals surface area contributed by atoms with Crippen LogP contribution in [0.5, 0.6) is 5.88 Å². The summed E-state index contributed by atoms with van der Waals surface area (Å²) >= 11 is 6.09. The number of carbonyl (C=O) groups excluding carboxylic acids is 1. The molecular weight excluding hydrogens is 435 g/mol. The maximum Gasteiger partial charge on any atom is 0.435 e. The van der Waals surface area contributed by atoms with Crippen molar-refractivity contribution in [2.45, 2.75) is 6.18 Å². The highest BCUT2D eigenvalue weighted by Gasteiger charge is 2.36. The zero-order valence-corrected chi connectivity index (χ0v) is 16.8. The number of nitrogens with one attached hydrogen (secondary N) is 1. The third-order valence-electron chi connectivity index (χ3n) is 4.44. The molecule has 1 amide bonds. The summed E-state index contributed by atoms with van der Waals surface area (Å²) in [5.41, 5.74) is 0.516. The number of hydrogen-bond acceptors (Lipinski definition) is 4. The molecule has 4 rings (SSSR count). The molecule has 2 heterocycles. The smallest absolute Gasteiger partial charge is 0.435 e. The predicted molar refractivity (Wildman–Crippen MR) is 108 cm³/mol. The minimum Gasteiger partial charge on any atom is -0.467 e. The normalized spacial score (nSPS) is 11.6. The Kier molecular flexibility index (Phi) is 5.32. The first-order valence-corrected chi connectivity index (χ1v) is 9.38. The molecule has 0 radical (unpaired) electrons. The molecule has 4 aromatic rings. The molecule has 0 aliphatic rings. The number of benzene rings is 2. The number of nitrogens with zero attached hydrogens (tertiary/aromatic N) is 4. The van der Waals surface area contributed by atoms with Gasteiger partial charge in [-0.3, -0.25) is 10.1 Å². The highest BCUT2D eigenvalue weighted by molar-refractivity contribution is 6.32. The SMILES string of the molecule is Cn1c(NC(=O)COc2cc(C(F)(F)F)nn2-c2ccccc2Cl)nc2ccccc21. The number of aryl methyl sites for hydroxylation is 1. The summed E-state index contributed by atoms with van der Waals surface area (Å²) in [7, 11) is 1.73. The number of para-hydroxylation sites is 3. The zero-order valence-electron chi connectivity index (χ0n) is 16.0. The molecule has 7 nitrogen and oxygen atoms in total. The highest BCUT2D eigenvalue weighted by Crippen LogP contribution is 2.33. The number of rotatable bonds is 5. The number of imidazole rings is 1. The molecule has 0 saturated carbocycles. The van der Waals surface area contributed by atoms with Crippen LogP contribution >= 0.6 is 11.6 Å². The van der Waals surface area contributed by atoms with Crippen molar-refractivity contribution in [2.24, 2.45) is 7.05 Å². The maximum atomic E-state index is 13.2. The molecule has 2 aromatic carbocycles. The van der Waals surface area contributed by atoms with Crippen molar-refractivity contribution >= 4 is 34.5 Å². The van der Waals surface area contributed by atoms with Gasteiger partial charge in [-0.1, -0.05) is 35.9 Å². The molecule has 0 aliphatic heterocycles. The first-order chi connectivity index (χ1) is 14.7. The van der Waals surface area contributed by atoms with Crippen LogP contribution in [0.2, 0.25) is 5.02 Å². The molecule has 11 heteroatoms. The van der Waals surface area contributed by atoms with Crippen LogP contribution in [0.25, 0.3) is 16.7 Å². The number of alkyl halides is 3. The van der Waals surface area contributed by atoms with Crippen LogP contribution in [0.15, 0.2) is 54.6 Å². The van der Waals surface area contributed by atoms with Gasteiger partial charge in [0.1, 0.15) is 0 Å². The summed E-state index contributed by atoms with van der Waals surface area (Å²) in [6, 6.07) is 14.2. The minimum absolute atomic E-state index is 0.174. The van der Waals surface area contributed by atoms with Crippen LogP contribution in [0, 0.1) is 0 Å². The average molecular weight is 450 g/mol. The third kappa shape index (κ3) is 4.19. The summed E-state index contributed by atoms with van der Waals surface area (Å²) in [6.45, 7) is -0.559. The van der Waals surface area contributed by atoms with E-state index in [-0.39, 0.29) is 22.5 Å². The van der Waals surface area contributed by atoms with Gasteiger partial charge in [0.2, 0.25) is 11.8 Å². The van der Waals surface area contributed by atoms with Gasteiger partial charge in [0.25, 0.3) is 5.91 Å². The lowest BCUT2D eigenvalue weighted by molar-refractivity contribution is -0.141. The standard InChI is InChI=1S/C20H15ClF3N5O2/c1-28-15-9-5-3-7-13(15)25-19(28)26-17(30)11-31-18-10-16(20(22,23)24)27-29(18)14-8-4-2-6-12(14)21/h2-10H,11H2,1H3,(H,25,26,30). The van der Waals surface area contributed by atoms with E-state index in [1.807, 2.05) is 18.2 Å². The van der Waals surface area contributed by atoms with E-state index in [1.54, 1.807) is 29.8 Å². The van der Waals surface area contributed by atoms with Crippen molar-refractivity contribution in [3.05, 3.63) is 65.3 Å². The van der Waals surface area contributed by atoms with E-state index in [0.29, 0.717) is 11.6 Å². The average Bonchev–Trinajstić information content (AvgIpc) is 3.29.